The van der Waals surface area contributed by atoms with Crippen molar-refractivity contribution >= 4 is 10.8 Å². The van der Waals surface area contributed by atoms with E-state index in [0.717, 1.165) is 12.3 Å². The first-order valence-corrected chi connectivity index (χ1v) is 9.62. The standard InChI is InChI=1S/C18H29NOS/c1-4-6-15-9-10-17(19-3)18(12-15)21(20)13-16-8-5-7-14(2)11-16/h5,7-8,11,15,17-19H,4,6,9-10,12-13H2,1-3H3. The monoisotopic (exact) mass is 307 g/mol. The van der Waals surface area contributed by atoms with Gasteiger partial charge in [-0.25, -0.2) is 0 Å². The summed E-state index contributed by atoms with van der Waals surface area (Å²) in [5, 5.41) is 3.71. The van der Waals surface area contributed by atoms with Crippen LogP contribution in [0.5, 0.6) is 0 Å². The minimum atomic E-state index is -0.782. The highest BCUT2D eigenvalue weighted by atomic mass is 32.2. The van der Waals surface area contributed by atoms with Crippen LogP contribution in [0.1, 0.15) is 50.2 Å². The number of rotatable bonds is 6. The van der Waals surface area contributed by atoms with Crippen LogP contribution in [-0.4, -0.2) is 22.5 Å². The van der Waals surface area contributed by atoms with Gasteiger partial charge >= 0.3 is 0 Å². The number of aryl methyl sites for hydroxylation is 1. The first kappa shape index (κ1) is 16.7. The molecule has 3 heteroatoms. The van der Waals surface area contributed by atoms with Gasteiger partial charge in [-0.3, -0.25) is 4.21 Å². The van der Waals surface area contributed by atoms with Crippen LogP contribution in [0.25, 0.3) is 0 Å². The van der Waals surface area contributed by atoms with E-state index in [1.165, 1.54) is 36.8 Å². The van der Waals surface area contributed by atoms with E-state index in [2.05, 4.69) is 43.4 Å². The lowest BCUT2D eigenvalue weighted by atomic mass is 9.83. The average Bonchev–Trinajstić information content (AvgIpc) is 2.47. The van der Waals surface area contributed by atoms with Crippen LogP contribution >= 0.6 is 0 Å². The smallest absolute Gasteiger partial charge is 0.0507 e. The molecule has 21 heavy (non-hydrogen) atoms. The molecule has 0 saturated heterocycles. The molecule has 1 aromatic carbocycles. The second-order valence-corrected chi connectivity index (χ2v) is 8.07. The number of hydrogen-bond donors (Lipinski definition) is 1. The highest BCUT2D eigenvalue weighted by Crippen LogP contribution is 2.31. The van der Waals surface area contributed by atoms with Crippen molar-refractivity contribution in [3.05, 3.63) is 35.4 Å². The molecule has 2 nitrogen and oxygen atoms in total. The summed E-state index contributed by atoms with van der Waals surface area (Å²) in [6, 6.07) is 8.85. The van der Waals surface area contributed by atoms with Gasteiger partial charge in [0.15, 0.2) is 0 Å². The molecule has 118 valence electrons. The molecule has 4 atom stereocenters. The van der Waals surface area contributed by atoms with Gasteiger partial charge in [-0.1, -0.05) is 49.6 Å². The van der Waals surface area contributed by atoms with Crippen molar-refractivity contribution in [1.82, 2.24) is 5.32 Å². The van der Waals surface area contributed by atoms with Crippen molar-refractivity contribution in [3.63, 3.8) is 0 Å². The van der Waals surface area contributed by atoms with Crippen molar-refractivity contribution in [2.45, 2.75) is 63.0 Å². The molecule has 1 aliphatic carbocycles. The van der Waals surface area contributed by atoms with Crippen molar-refractivity contribution < 1.29 is 4.21 Å². The molecule has 2 rings (SSSR count). The topological polar surface area (TPSA) is 29.1 Å². The van der Waals surface area contributed by atoms with Crippen LogP contribution in [0.4, 0.5) is 0 Å². The maximum Gasteiger partial charge on any atom is 0.0507 e. The Hall–Kier alpha value is -0.670. The lowest BCUT2D eigenvalue weighted by Gasteiger charge is -2.35. The molecule has 0 amide bonds. The Kier molecular flexibility index (Phi) is 6.43. The molecule has 0 aliphatic heterocycles. The highest BCUT2D eigenvalue weighted by molar-refractivity contribution is 7.84. The largest absolute Gasteiger partial charge is 0.316 e. The van der Waals surface area contributed by atoms with Crippen LogP contribution in [0, 0.1) is 12.8 Å². The maximum atomic E-state index is 12.9. The Bertz CT molecular complexity index is 474. The molecule has 1 aromatic rings. The van der Waals surface area contributed by atoms with Crippen LogP contribution in [0.2, 0.25) is 0 Å². The summed E-state index contributed by atoms with van der Waals surface area (Å²) in [4.78, 5) is 0. The maximum absolute atomic E-state index is 12.9. The zero-order valence-corrected chi connectivity index (χ0v) is 14.4. The Morgan fingerprint density at radius 3 is 2.81 bits per heavy atom. The molecule has 0 heterocycles. The van der Waals surface area contributed by atoms with Gasteiger partial charge in [0.2, 0.25) is 0 Å². The summed E-state index contributed by atoms with van der Waals surface area (Å²) in [7, 11) is 1.23. The molecule has 1 fully saturated rings. The normalized spacial score (nSPS) is 27.5. The average molecular weight is 308 g/mol. The van der Waals surface area contributed by atoms with Gasteiger partial charge in [-0.2, -0.15) is 0 Å². The fourth-order valence-electron chi connectivity index (χ4n) is 3.58. The van der Waals surface area contributed by atoms with Crippen LogP contribution in [0.3, 0.4) is 0 Å². The van der Waals surface area contributed by atoms with Crippen molar-refractivity contribution in [2.75, 3.05) is 7.05 Å². The molecule has 1 aliphatic rings. The van der Waals surface area contributed by atoms with Crippen molar-refractivity contribution in [1.29, 1.82) is 0 Å². The third-order valence-electron chi connectivity index (χ3n) is 4.70. The van der Waals surface area contributed by atoms with Crippen LogP contribution in [0.15, 0.2) is 24.3 Å². The summed E-state index contributed by atoms with van der Waals surface area (Å²) in [5.74, 6) is 1.47. The third kappa shape index (κ3) is 4.65. The van der Waals surface area contributed by atoms with Gasteiger partial charge in [0, 0.05) is 22.6 Å². The van der Waals surface area contributed by atoms with E-state index in [1.54, 1.807) is 0 Å². The van der Waals surface area contributed by atoms with E-state index >= 15 is 0 Å². The second-order valence-electron chi connectivity index (χ2n) is 6.42. The summed E-state index contributed by atoms with van der Waals surface area (Å²) >= 11 is 0. The Balaban J connectivity index is 2.03. The van der Waals surface area contributed by atoms with Crippen molar-refractivity contribution in [3.8, 4) is 0 Å². The van der Waals surface area contributed by atoms with E-state index in [-0.39, 0.29) is 0 Å². The number of hydrogen-bond acceptors (Lipinski definition) is 2. The lowest BCUT2D eigenvalue weighted by Crippen LogP contribution is -2.45. The van der Waals surface area contributed by atoms with Gasteiger partial charge < -0.3 is 5.32 Å². The fraction of sp³-hybridized carbons (Fsp3) is 0.667. The molecule has 4 unspecified atom stereocenters. The summed E-state index contributed by atoms with van der Waals surface area (Å²) in [5.41, 5.74) is 2.46. The minimum absolute atomic E-state index is 0.306. The van der Waals surface area contributed by atoms with Crippen LogP contribution < -0.4 is 5.32 Å². The molecule has 0 aromatic heterocycles. The predicted octanol–water partition coefficient (Wildman–Crippen LogP) is 3.80. The Labute approximate surface area is 132 Å². The Morgan fingerprint density at radius 1 is 1.33 bits per heavy atom. The molecular formula is C18H29NOS. The van der Waals surface area contributed by atoms with E-state index in [0.29, 0.717) is 17.0 Å². The van der Waals surface area contributed by atoms with Gasteiger partial charge in [-0.05, 0) is 44.7 Å². The van der Waals surface area contributed by atoms with Crippen LogP contribution in [-0.2, 0) is 16.6 Å². The highest BCUT2D eigenvalue weighted by Gasteiger charge is 2.33. The van der Waals surface area contributed by atoms with E-state index < -0.39 is 10.8 Å². The number of nitrogens with one attached hydrogen (secondary N) is 1. The summed E-state index contributed by atoms with van der Waals surface area (Å²) < 4.78 is 12.9. The SMILES string of the molecule is CCCC1CCC(NC)C(S(=O)Cc2cccc(C)c2)C1. The molecule has 1 saturated carbocycles. The molecule has 0 bridgehead atoms. The second kappa shape index (κ2) is 8.09. The van der Waals surface area contributed by atoms with Gasteiger partial charge in [0.1, 0.15) is 0 Å². The van der Waals surface area contributed by atoms with E-state index in [1.807, 2.05) is 7.05 Å². The lowest BCUT2D eigenvalue weighted by molar-refractivity contribution is 0.292. The fourth-order valence-corrected chi connectivity index (χ4v) is 5.42. The van der Waals surface area contributed by atoms with Gasteiger partial charge in [0.05, 0.1) is 5.25 Å². The molecule has 0 spiro atoms. The first-order chi connectivity index (χ1) is 10.1. The van der Waals surface area contributed by atoms with Gasteiger partial charge in [0.25, 0.3) is 0 Å². The minimum Gasteiger partial charge on any atom is -0.316 e. The molecular weight excluding hydrogens is 278 g/mol. The van der Waals surface area contributed by atoms with E-state index in [9.17, 15) is 4.21 Å². The number of benzene rings is 1. The van der Waals surface area contributed by atoms with E-state index in [4.69, 9.17) is 0 Å². The first-order valence-electron chi connectivity index (χ1n) is 8.24. The quantitative estimate of drug-likeness (QED) is 0.866. The van der Waals surface area contributed by atoms with Gasteiger partial charge in [-0.15, -0.1) is 0 Å². The van der Waals surface area contributed by atoms with Crippen molar-refractivity contribution in [2.24, 2.45) is 5.92 Å². The summed E-state index contributed by atoms with van der Waals surface area (Å²) in [6.45, 7) is 4.35. The molecule has 0 radical (unpaired) electrons. The molecule has 1 N–H and O–H groups in total. The zero-order valence-electron chi connectivity index (χ0n) is 13.6. The Morgan fingerprint density at radius 2 is 2.14 bits per heavy atom. The zero-order chi connectivity index (χ0) is 15.2. The predicted molar refractivity (Wildman–Crippen MR) is 91.9 cm³/mol. The summed E-state index contributed by atoms with van der Waals surface area (Å²) in [6.07, 6.45) is 6.11. The third-order valence-corrected chi connectivity index (χ3v) is 6.51.